The second-order valence-corrected chi connectivity index (χ2v) is 7.78. The van der Waals surface area contributed by atoms with Gasteiger partial charge in [0.15, 0.2) is 11.8 Å². The maximum atomic E-state index is 5.14. The molecule has 0 spiro atoms. The number of nitrogens with zero attached hydrogens (tertiary/aromatic N) is 3. The van der Waals surface area contributed by atoms with Crippen molar-refractivity contribution in [3.63, 3.8) is 0 Å². The Morgan fingerprint density at radius 2 is 2.08 bits per heavy atom. The van der Waals surface area contributed by atoms with Crippen molar-refractivity contribution >= 4 is 21.9 Å². The Labute approximate surface area is 163 Å². The summed E-state index contributed by atoms with van der Waals surface area (Å²) in [6, 6.07) is 8.71. The van der Waals surface area contributed by atoms with Crippen LogP contribution in [0.3, 0.4) is 0 Å². The van der Waals surface area contributed by atoms with Crippen molar-refractivity contribution in [2.24, 2.45) is 4.99 Å². The molecule has 0 unspecified atom stereocenters. The van der Waals surface area contributed by atoms with Gasteiger partial charge in [0.25, 0.3) is 0 Å². The van der Waals surface area contributed by atoms with Crippen LogP contribution in [0.25, 0.3) is 0 Å². The first-order valence-electron chi connectivity index (χ1n) is 9.11. The maximum Gasteiger partial charge on any atom is 0.246 e. The van der Waals surface area contributed by atoms with Crippen molar-refractivity contribution < 1.29 is 4.52 Å². The fraction of sp³-hybridized carbons (Fsp3) is 0.526. The van der Waals surface area contributed by atoms with Gasteiger partial charge in [-0.1, -0.05) is 52.5 Å². The van der Waals surface area contributed by atoms with Crippen molar-refractivity contribution in [2.45, 2.75) is 51.0 Å². The Bertz CT molecular complexity index is 752. The minimum atomic E-state index is 0.140. The van der Waals surface area contributed by atoms with Crippen LogP contribution in [0.2, 0.25) is 0 Å². The van der Waals surface area contributed by atoms with Crippen LogP contribution in [0.5, 0.6) is 0 Å². The second-order valence-electron chi connectivity index (χ2n) is 6.87. The van der Waals surface area contributed by atoms with Gasteiger partial charge in [0, 0.05) is 23.5 Å². The first-order chi connectivity index (χ1) is 12.6. The number of benzene rings is 1. The van der Waals surface area contributed by atoms with E-state index in [-0.39, 0.29) is 5.41 Å². The Morgan fingerprint density at radius 3 is 2.73 bits per heavy atom. The first-order valence-corrected chi connectivity index (χ1v) is 9.90. The number of hydrogen-bond donors (Lipinski definition) is 2. The Morgan fingerprint density at radius 1 is 1.27 bits per heavy atom. The number of nitrogens with one attached hydrogen (secondary N) is 2. The molecule has 26 heavy (non-hydrogen) atoms. The van der Waals surface area contributed by atoms with Gasteiger partial charge in [-0.2, -0.15) is 4.98 Å². The van der Waals surface area contributed by atoms with Gasteiger partial charge in [-0.15, -0.1) is 0 Å². The fourth-order valence-electron chi connectivity index (χ4n) is 3.66. The van der Waals surface area contributed by atoms with E-state index in [0.717, 1.165) is 17.0 Å². The molecule has 0 atom stereocenters. The van der Waals surface area contributed by atoms with Crippen molar-refractivity contribution in [3.8, 4) is 0 Å². The van der Waals surface area contributed by atoms with Gasteiger partial charge < -0.3 is 15.2 Å². The molecule has 0 radical (unpaired) electrons. The lowest BCUT2D eigenvalue weighted by Crippen LogP contribution is -2.46. The topological polar surface area (TPSA) is 75.3 Å². The molecule has 0 amide bonds. The van der Waals surface area contributed by atoms with Crippen LogP contribution in [0, 0.1) is 6.92 Å². The van der Waals surface area contributed by atoms with Gasteiger partial charge in [0.1, 0.15) is 0 Å². The van der Waals surface area contributed by atoms with E-state index in [0.29, 0.717) is 18.3 Å². The summed E-state index contributed by atoms with van der Waals surface area (Å²) < 4.78 is 6.28. The molecule has 1 aliphatic rings. The maximum absolute atomic E-state index is 5.14. The van der Waals surface area contributed by atoms with Gasteiger partial charge >= 0.3 is 0 Å². The summed E-state index contributed by atoms with van der Waals surface area (Å²) in [7, 11) is 1.78. The van der Waals surface area contributed by atoms with Gasteiger partial charge in [-0.3, -0.25) is 4.99 Å². The molecule has 1 aliphatic carbocycles. The minimum Gasteiger partial charge on any atom is -0.356 e. The zero-order chi connectivity index (χ0) is 18.4. The number of guanidine groups is 1. The molecular weight excluding hydrogens is 394 g/mol. The highest BCUT2D eigenvalue weighted by Crippen LogP contribution is 2.39. The molecule has 6 nitrogen and oxygen atoms in total. The van der Waals surface area contributed by atoms with Crippen molar-refractivity contribution in [2.75, 3.05) is 13.6 Å². The largest absolute Gasteiger partial charge is 0.356 e. The number of aryl methyl sites for hydroxylation is 1. The third-order valence-corrected chi connectivity index (χ3v) is 5.54. The summed E-state index contributed by atoms with van der Waals surface area (Å²) in [5.74, 6) is 1.95. The molecule has 7 heteroatoms. The van der Waals surface area contributed by atoms with Gasteiger partial charge in [-0.05, 0) is 37.5 Å². The molecule has 0 aliphatic heterocycles. The summed E-state index contributed by atoms with van der Waals surface area (Å²) in [5, 5.41) is 10.6. The molecule has 1 fully saturated rings. The van der Waals surface area contributed by atoms with E-state index >= 15 is 0 Å². The highest BCUT2D eigenvalue weighted by atomic mass is 79.9. The quantitative estimate of drug-likeness (QED) is 0.570. The second kappa shape index (κ2) is 8.66. The van der Waals surface area contributed by atoms with E-state index in [4.69, 9.17) is 4.52 Å². The molecule has 3 rings (SSSR count). The van der Waals surface area contributed by atoms with E-state index in [1.165, 1.54) is 37.7 Å². The highest BCUT2D eigenvalue weighted by Gasteiger charge is 2.34. The summed E-state index contributed by atoms with van der Waals surface area (Å²) in [4.78, 5) is 8.54. The zero-order valence-electron chi connectivity index (χ0n) is 15.4. The van der Waals surface area contributed by atoms with Crippen LogP contribution >= 0.6 is 15.9 Å². The smallest absolute Gasteiger partial charge is 0.246 e. The van der Waals surface area contributed by atoms with Crippen LogP contribution in [-0.2, 0) is 12.0 Å². The van der Waals surface area contributed by atoms with E-state index in [1.807, 2.05) is 6.92 Å². The molecular formula is C19H26BrN5O. The van der Waals surface area contributed by atoms with Crippen LogP contribution in [0.4, 0.5) is 0 Å². The fourth-order valence-corrected chi connectivity index (χ4v) is 4.06. The van der Waals surface area contributed by atoms with Crippen molar-refractivity contribution in [3.05, 3.63) is 46.0 Å². The molecule has 0 saturated heterocycles. The van der Waals surface area contributed by atoms with Gasteiger partial charge in [0.2, 0.25) is 5.89 Å². The number of rotatable bonds is 5. The Hall–Kier alpha value is -1.89. The average molecular weight is 420 g/mol. The SMILES string of the molecule is CN=C(NCc1nc(C)no1)NCC1(c2cccc(Br)c2)CCCCC1. The normalized spacial score (nSPS) is 17.1. The van der Waals surface area contributed by atoms with E-state index in [2.05, 4.69) is 66.0 Å². The van der Waals surface area contributed by atoms with Crippen LogP contribution < -0.4 is 10.6 Å². The van der Waals surface area contributed by atoms with Crippen LogP contribution in [0.15, 0.2) is 38.3 Å². The standard InChI is InChI=1S/C19H26BrN5O/c1-14-24-17(26-25-14)12-22-18(21-2)23-13-19(9-4-3-5-10-19)15-7-6-8-16(20)11-15/h6-8,11H,3-5,9-10,12-13H2,1-2H3,(H2,21,22,23). The average Bonchev–Trinajstić information content (AvgIpc) is 3.08. The Kier molecular flexibility index (Phi) is 6.29. The van der Waals surface area contributed by atoms with Crippen molar-refractivity contribution in [1.82, 2.24) is 20.8 Å². The number of halogens is 1. The molecule has 2 N–H and O–H groups in total. The molecule has 1 aromatic carbocycles. The van der Waals surface area contributed by atoms with E-state index < -0.39 is 0 Å². The molecule has 1 heterocycles. The van der Waals surface area contributed by atoms with Crippen molar-refractivity contribution in [1.29, 1.82) is 0 Å². The number of aliphatic imine (C=N–C) groups is 1. The summed E-state index contributed by atoms with van der Waals surface area (Å²) in [6.45, 7) is 3.13. The summed E-state index contributed by atoms with van der Waals surface area (Å²) >= 11 is 3.62. The minimum absolute atomic E-state index is 0.140. The lowest BCUT2D eigenvalue weighted by molar-refractivity contribution is 0.291. The van der Waals surface area contributed by atoms with Crippen LogP contribution in [-0.4, -0.2) is 29.7 Å². The number of aromatic nitrogens is 2. The molecule has 0 bridgehead atoms. The lowest BCUT2D eigenvalue weighted by atomic mass is 9.69. The lowest BCUT2D eigenvalue weighted by Gasteiger charge is -2.38. The van der Waals surface area contributed by atoms with E-state index in [9.17, 15) is 0 Å². The highest BCUT2D eigenvalue weighted by molar-refractivity contribution is 9.10. The van der Waals surface area contributed by atoms with E-state index in [1.54, 1.807) is 7.05 Å². The summed E-state index contributed by atoms with van der Waals surface area (Å²) in [6.07, 6.45) is 6.23. The third kappa shape index (κ3) is 4.63. The predicted molar refractivity (Wildman–Crippen MR) is 106 cm³/mol. The number of hydrogen-bond acceptors (Lipinski definition) is 4. The summed E-state index contributed by atoms with van der Waals surface area (Å²) in [5.41, 5.74) is 1.53. The molecule has 140 valence electrons. The van der Waals surface area contributed by atoms with Gasteiger partial charge in [-0.25, -0.2) is 0 Å². The van der Waals surface area contributed by atoms with Crippen LogP contribution in [0.1, 0.15) is 49.4 Å². The Balaban J connectivity index is 1.66. The molecule has 1 saturated carbocycles. The third-order valence-electron chi connectivity index (χ3n) is 5.04. The predicted octanol–water partition coefficient (Wildman–Crippen LogP) is 3.71. The monoisotopic (exact) mass is 419 g/mol. The zero-order valence-corrected chi connectivity index (χ0v) is 17.0. The first kappa shape index (κ1) is 18.9. The molecule has 1 aromatic heterocycles. The van der Waals surface area contributed by atoms with Gasteiger partial charge in [0.05, 0.1) is 6.54 Å². The molecule has 2 aromatic rings.